The highest BCUT2D eigenvalue weighted by molar-refractivity contribution is 5.24. The van der Waals surface area contributed by atoms with Crippen molar-refractivity contribution in [3.05, 3.63) is 35.4 Å². The van der Waals surface area contributed by atoms with E-state index in [9.17, 15) is 0 Å². The first-order valence-corrected chi connectivity index (χ1v) is 6.03. The highest BCUT2D eigenvalue weighted by Gasteiger charge is 2.03. The first kappa shape index (κ1) is 13.2. The van der Waals surface area contributed by atoms with E-state index in [1.807, 2.05) is 0 Å². The van der Waals surface area contributed by atoms with Crippen LogP contribution in [0.3, 0.4) is 0 Å². The largest absolute Gasteiger partial charge is 0.385 e. The molecule has 0 aromatic heterocycles. The van der Waals surface area contributed by atoms with Crippen molar-refractivity contribution >= 4 is 0 Å². The summed E-state index contributed by atoms with van der Waals surface area (Å²) in [6.07, 6.45) is 2.30. The first-order valence-electron chi connectivity index (χ1n) is 6.03. The molecular formula is C14H23NO. The lowest BCUT2D eigenvalue weighted by Gasteiger charge is -2.14. The summed E-state index contributed by atoms with van der Waals surface area (Å²) in [4.78, 5) is 0. The summed E-state index contributed by atoms with van der Waals surface area (Å²) < 4.78 is 5.02. The van der Waals surface area contributed by atoms with Crippen molar-refractivity contribution in [1.29, 1.82) is 0 Å². The minimum Gasteiger partial charge on any atom is -0.385 e. The third kappa shape index (κ3) is 4.77. The van der Waals surface area contributed by atoms with Crippen LogP contribution in [0.1, 0.15) is 36.9 Å². The normalized spacial score (nSPS) is 12.7. The molecule has 0 aliphatic heterocycles. The Bertz CT molecular complexity index is 299. The van der Waals surface area contributed by atoms with E-state index < -0.39 is 0 Å². The number of nitrogens with one attached hydrogen (secondary N) is 1. The maximum Gasteiger partial charge on any atom is 0.0462 e. The lowest BCUT2D eigenvalue weighted by atomic mass is 10.1. The van der Waals surface area contributed by atoms with E-state index in [0.717, 1.165) is 19.6 Å². The Kier molecular flexibility index (Phi) is 6.12. The molecule has 0 radical (unpaired) electrons. The summed E-state index contributed by atoms with van der Waals surface area (Å²) in [5.41, 5.74) is 2.69. The highest BCUT2D eigenvalue weighted by Crippen LogP contribution is 2.13. The standard InChI is InChI=1S/C14H23NO/c1-12-7-6-8-14(11-12)13(2)15-9-4-5-10-16-3/h6-8,11,13,15H,4-5,9-10H2,1-3H3/t13-/m1/s1. The van der Waals surface area contributed by atoms with Gasteiger partial charge in [-0.15, -0.1) is 0 Å². The minimum absolute atomic E-state index is 0.433. The molecule has 0 spiro atoms. The van der Waals surface area contributed by atoms with Gasteiger partial charge in [-0.1, -0.05) is 29.8 Å². The number of unbranched alkanes of at least 4 members (excludes halogenated alkanes) is 1. The molecule has 1 rings (SSSR count). The van der Waals surface area contributed by atoms with E-state index in [1.165, 1.54) is 17.5 Å². The van der Waals surface area contributed by atoms with Crippen molar-refractivity contribution < 1.29 is 4.74 Å². The Balaban J connectivity index is 2.27. The van der Waals surface area contributed by atoms with Crippen molar-refractivity contribution in [2.75, 3.05) is 20.3 Å². The third-order valence-corrected chi connectivity index (χ3v) is 2.77. The zero-order valence-electron chi connectivity index (χ0n) is 10.6. The Morgan fingerprint density at radius 3 is 2.81 bits per heavy atom. The first-order chi connectivity index (χ1) is 7.74. The quantitative estimate of drug-likeness (QED) is 0.714. The Labute approximate surface area is 99.0 Å². The van der Waals surface area contributed by atoms with Gasteiger partial charge in [0.2, 0.25) is 0 Å². The maximum atomic E-state index is 5.02. The number of hydrogen-bond donors (Lipinski definition) is 1. The third-order valence-electron chi connectivity index (χ3n) is 2.77. The molecule has 0 bridgehead atoms. The average molecular weight is 221 g/mol. The van der Waals surface area contributed by atoms with Crippen LogP contribution in [0.5, 0.6) is 0 Å². The molecule has 1 aromatic rings. The van der Waals surface area contributed by atoms with Gasteiger partial charge in [-0.05, 0) is 38.8 Å². The zero-order chi connectivity index (χ0) is 11.8. The summed E-state index contributed by atoms with van der Waals surface area (Å²) in [6.45, 7) is 6.26. The molecule has 0 fully saturated rings. The van der Waals surface area contributed by atoms with E-state index in [-0.39, 0.29) is 0 Å². The van der Waals surface area contributed by atoms with Gasteiger partial charge in [-0.3, -0.25) is 0 Å². The molecule has 1 N–H and O–H groups in total. The van der Waals surface area contributed by atoms with E-state index in [2.05, 4.69) is 43.4 Å². The predicted molar refractivity (Wildman–Crippen MR) is 68.7 cm³/mol. The fourth-order valence-electron chi connectivity index (χ4n) is 1.75. The van der Waals surface area contributed by atoms with E-state index >= 15 is 0 Å². The summed E-state index contributed by atoms with van der Waals surface area (Å²) >= 11 is 0. The van der Waals surface area contributed by atoms with Crippen LogP contribution in [-0.4, -0.2) is 20.3 Å². The van der Waals surface area contributed by atoms with Crippen LogP contribution < -0.4 is 5.32 Å². The maximum absolute atomic E-state index is 5.02. The number of rotatable bonds is 7. The van der Waals surface area contributed by atoms with Gasteiger partial charge in [0.25, 0.3) is 0 Å². The second-order valence-corrected chi connectivity index (χ2v) is 4.29. The molecule has 0 aliphatic rings. The minimum atomic E-state index is 0.433. The fourth-order valence-corrected chi connectivity index (χ4v) is 1.75. The summed E-state index contributed by atoms with van der Waals surface area (Å²) in [6, 6.07) is 9.11. The van der Waals surface area contributed by atoms with Gasteiger partial charge in [0.15, 0.2) is 0 Å². The second kappa shape index (κ2) is 7.42. The van der Waals surface area contributed by atoms with Crippen molar-refractivity contribution in [2.24, 2.45) is 0 Å². The molecule has 0 aliphatic carbocycles. The van der Waals surface area contributed by atoms with Gasteiger partial charge in [0.05, 0.1) is 0 Å². The van der Waals surface area contributed by atoms with Crippen molar-refractivity contribution in [3.8, 4) is 0 Å². The SMILES string of the molecule is COCCCCN[C@H](C)c1cccc(C)c1. The topological polar surface area (TPSA) is 21.3 Å². The van der Waals surface area contributed by atoms with Gasteiger partial charge in [-0.2, -0.15) is 0 Å². The molecule has 1 aromatic carbocycles. The van der Waals surface area contributed by atoms with Crippen LogP contribution in [0.2, 0.25) is 0 Å². The number of ether oxygens (including phenoxy) is 1. The van der Waals surface area contributed by atoms with Gasteiger partial charge < -0.3 is 10.1 Å². The highest BCUT2D eigenvalue weighted by atomic mass is 16.5. The van der Waals surface area contributed by atoms with E-state index in [0.29, 0.717) is 6.04 Å². The van der Waals surface area contributed by atoms with E-state index in [4.69, 9.17) is 4.74 Å². The summed E-state index contributed by atoms with van der Waals surface area (Å²) in [7, 11) is 1.75. The van der Waals surface area contributed by atoms with Crippen LogP contribution in [0.15, 0.2) is 24.3 Å². The molecule has 0 unspecified atom stereocenters. The smallest absolute Gasteiger partial charge is 0.0462 e. The monoisotopic (exact) mass is 221 g/mol. The number of hydrogen-bond acceptors (Lipinski definition) is 2. The second-order valence-electron chi connectivity index (χ2n) is 4.29. The van der Waals surface area contributed by atoms with Crippen molar-refractivity contribution in [2.45, 2.75) is 32.7 Å². The molecule has 1 atom stereocenters. The summed E-state index contributed by atoms with van der Waals surface area (Å²) in [5.74, 6) is 0. The Morgan fingerprint density at radius 1 is 1.31 bits per heavy atom. The number of benzene rings is 1. The van der Waals surface area contributed by atoms with Crippen LogP contribution in [0.25, 0.3) is 0 Å². The lowest BCUT2D eigenvalue weighted by molar-refractivity contribution is 0.192. The molecule has 0 saturated heterocycles. The van der Waals surface area contributed by atoms with Gasteiger partial charge in [-0.25, -0.2) is 0 Å². The fraction of sp³-hybridized carbons (Fsp3) is 0.571. The molecule has 2 heteroatoms. The van der Waals surface area contributed by atoms with Gasteiger partial charge >= 0.3 is 0 Å². The van der Waals surface area contributed by atoms with Crippen molar-refractivity contribution in [3.63, 3.8) is 0 Å². The average Bonchev–Trinajstić information content (AvgIpc) is 2.28. The van der Waals surface area contributed by atoms with E-state index in [1.54, 1.807) is 7.11 Å². The molecule has 0 amide bonds. The molecule has 16 heavy (non-hydrogen) atoms. The van der Waals surface area contributed by atoms with Crippen LogP contribution >= 0.6 is 0 Å². The predicted octanol–water partition coefficient (Wildman–Crippen LogP) is 3.07. The number of aryl methyl sites for hydroxylation is 1. The molecule has 90 valence electrons. The van der Waals surface area contributed by atoms with Crippen LogP contribution in [0.4, 0.5) is 0 Å². The summed E-state index contributed by atoms with van der Waals surface area (Å²) in [5, 5.41) is 3.53. The zero-order valence-corrected chi connectivity index (χ0v) is 10.6. The lowest BCUT2D eigenvalue weighted by Crippen LogP contribution is -2.20. The Morgan fingerprint density at radius 2 is 2.12 bits per heavy atom. The van der Waals surface area contributed by atoms with Crippen LogP contribution in [-0.2, 0) is 4.74 Å². The van der Waals surface area contributed by atoms with Gasteiger partial charge in [0.1, 0.15) is 0 Å². The molecular weight excluding hydrogens is 198 g/mol. The molecule has 0 saturated carbocycles. The Hall–Kier alpha value is -0.860. The number of methoxy groups -OCH3 is 1. The molecule has 2 nitrogen and oxygen atoms in total. The molecule has 0 heterocycles. The van der Waals surface area contributed by atoms with Crippen molar-refractivity contribution in [1.82, 2.24) is 5.32 Å². The van der Waals surface area contributed by atoms with Crippen LogP contribution in [0, 0.1) is 6.92 Å². The van der Waals surface area contributed by atoms with Gasteiger partial charge in [0, 0.05) is 19.8 Å².